The van der Waals surface area contributed by atoms with Crippen LogP contribution >= 0.6 is 22.9 Å². The molecule has 4 heteroatoms. The van der Waals surface area contributed by atoms with Crippen LogP contribution < -0.4 is 0 Å². The molecular formula is C11H9ClFNS. The molecule has 0 aliphatic heterocycles. The summed E-state index contributed by atoms with van der Waals surface area (Å²) < 4.78 is 13.4. The number of thiazole rings is 1. The number of hydrogen-bond donors (Lipinski definition) is 0. The number of halogens is 2. The molecule has 0 fully saturated rings. The van der Waals surface area contributed by atoms with E-state index in [1.54, 1.807) is 13.0 Å². The van der Waals surface area contributed by atoms with Gasteiger partial charge in [0.05, 0.1) is 15.7 Å². The van der Waals surface area contributed by atoms with Crippen LogP contribution in [0, 0.1) is 19.7 Å². The van der Waals surface area contributed by atoms with Crippen LogP contribution in [0.1, 0.15) is 10.6 Å². The van der Waals surface area contributed by atoms with Crippen LogP contribution in [0.5, 0.6) is 0 Å². The Morgan fingerprint density at radius 1 is 1.33 bits per heavy atom. The number of hydrogen-bond acceptors (Lipinski definition) is 2. The maximum atomic E-state index is 13.4. The summed E-state index contributed by atoms with van der Waals surface area (Å²) in [5, 5.41) is 3.37. The van der Waals surface area contributed by atoms with E-state index in [2.05, 4.69) is 4.98 Å². The average molecular weight is 242 g/mol. The van der Waals surface area contributed by atoms with Crippen LogP contribution in [0.3, 0.4) is 0 Å². The van der Waals surface area contributed by atoms with E-state index in [0.29, 0.717) is 16.1 Å². The van der Waals surface area contributed by atoms with Crippen LogP contribution in [-0.2, 0) is 0 Å². The lowest BCUT2D eigenvalue weighted by atomic mass is 10.1. The van der Waals surface area contributed by atoms with Gasteiger partial charge in [0, 0.05) is 10.9 Å². The van der Waals surface area contributed by atoms with E-state index in [9.17, 15) is 4.39 Å². The molecule has 0 saturated carbocycles. The first-order valence-corrected chi connectivity index (χ1v) is 5.72. The van der Waals surface area contributed by atoms with Gasteiger partial charge in [-0.25, -0.2) is 9.37 Å². The maximum absolute atomic E-state index is 13.4. The summed E-state index contributed by atoms with van der Waals surface area (Å²) in [7, 11) is 0. The largest absolute Gasteiger partial charge is 0.241 e. The second-order valence-electron chi connectivity index (χ2n) is 3.33. The highest BCUT2D eigenvalue weighted by Crippen LogP contribution is 2.30. The molecule has 0 spiro atoms. The molecule has 0 unspecified atom stereocenters. The maximum Gasteiger partial charge on any atom is 0.126 e. The first-order valence-electron chi connectivity index (χ1n) is 4.46. The number of aryl methyl sites for hydroxylation is 2. The normalized spacial score (nSPS) is 10.7. The summed E-state index contributed by atoms with van der Waals surface area (Å²) in [5.41, 5.74) is 1.95. The summed E-state index contributed by atoms with van der Waals surface area (Å²) in [6.45, 7) is 3.60. The van der Waals surface area contributed by atoms with Crippen molar-refractivity contribution < 1.29 is 4.39 Å². The molecule has 1 heterocycles. The van der Waals surface area contributed by atoms with Gasteiger partial charge in [-0.05, 0) is 31.5 Å². The van der Waals surface area contributed by atoms with Gasteiger partial charge in [0.25, 0.3) is 0 Å². The first kappa shape index (κ1) is 10.6. The predicted molar refractivity (Wildman–Crippen MR) is 62.0 cm³/mol. The van der Waals surface area contributed by atoms with Crippen LogP contribution in [0.4, 0.5) is 4.39 Å². The van der Waals surface area contributed by atoms with Gasteiger partial charge in [-0.15, -0.1) is 11.3 Å². The summed E-state index contributed by atoms with van der Waals surface area (Å²) in [4.78, 5) is 4.28. The van der Waals surface area contributed by atoms with Crippen molar-refractivity contribution in [1.29, 1.82) is 0 Å². The molecule has 0 N–H and O–H groups in total. The van der Waals surface area contributed by atoms with Gasteiger partial charge in [-0.1, -0.05) is 11.6 Å². The fourth-order valence-electron chi connectivity index (χ4n) is 1.33. The van der Waals surface area contributed by atoms with E-state index in [4.69, 9.17) is 11.6 Å². The molecule has 78 valence electrons. The Hall–Kier alpha value is -0.930. The quantitative estimate of drug-likeness (QED) is 0.729. The van der Waals surface area contributed by atoms with E-state index in [-0.39, 0.29) is 5.82 Å². The molecule has 0 saturated heterocycles. The minimum absolute atomic E-state index is 0.250. The van der Waals surface area contributed by atoms with Crippen LogP contribution in [0.25, 0.3) is 11.3 Å². The number of benzene rings is 1. The first-order chi connectivity index (χ1) is 7.08. The second kappa shape index (κ2) is 3.91. The molecular weight excluding hydrogens is 233 g/mol. The van der Waals surface area contributed by atoms with E-state index in [0.717, 1.165) is 10.7 Å². The second-order valence-corrected chi connectivity index (χ2v) is 4.80. The molecule has 1 nitrogen and oxygen atoms in total. The third kappa shape index (κ3) is 2.03. The van der Waals surface area contributed by atoms with Crippen molar-refractivity contribution in [2.24, 2.45) is 0 Å². The Bertz CT molecular complexity index is 507. The molecule has 0 atom stereocenters. The molecule has 0 aliphatic rings. The zero-order chi connectivity index (χ0) is 11.0. The van der Waals surface area contributed by atoms with Crippen LogP contribution in [0.2, 0.25) is 5.02 Å². The van der Waals surface area contributed by atoms with Gasteiger partial charge in [0.2, 0.25) is 0 Å². The molecule has 1 aromatic carbocycles. The highest BCUT2D eigenvalue weighted by atomic mass is 35.5. The number of rotatable bonds is 1. The number of aromatic nitrogens is 1. The fraction of sp³-hybridized carbons (Fsp3) is 0.182. The predicted octanol–water partition coefficient (Wildman–Crippen LogP) is 4.22. The Morgan fingerprint density at radius 2 is 2.07 bits per heavy atom. The van der Waals surface area contributed by atoms with Gasteiger partial charge in [0.1, 0.15) is 5.82 Å². The Balaban J connectivity index is 2.58. The Kier molecular flexibility index (Phi) is 2.76. The number of nitrogens with zero attached hydrogens (tertiary/aromatic N) is 1. The van der Waals surface area contributed by atoms with Gasteiger partial charge in [0.15, 0.2) is 0 Å². The molecule has 0 radical (unpaired) electrons. The molecule has 2 rings (SSSR count). The van der Waals surface area contributed by atoms with Gasteiger partial charge in [-0.2, -0.15) is 0 Å². The lowest BCUT2D eigenvalue weighted by molar-refractivity contribution is 0.619. The smallest absolute Gasteiger partial charge is 0.126 e. The minimum Gasteiger partial charge on any atom is -0.241 e. The fourth-order valence-corrected chi connectivity index (χ4v) is 2.26. The van der Waals surface area contributed by atoms with Crippen molar-refractivity contribution in [2.45, 2.75) is 13.8 Å². The van der Waals surface area contributed by atoms with Gasteiger partial charge < -0.3 is 0 Å². The molecule has 0 aliphatic carbocycles. The van der Waals surface area contributed by atoms with Crippen molar-refractivity contribution >= 4 is 22.9 Å². The average Bonchev–Trinajstić information content (AvgIpc) is 2.58. The molecule has 2 aromatic rings. The summed E-state index contributed by atoms with van der Waals surface area (Å²) >= 11 is 7.57. The highest BCUT2D eigenvalue weighted by Gasteiger charge is 2.10. The van der Waals surface area contributed by atoms with Crippen LogP contribution in [0.15, 0.2) is 17.5 Å². The van der Waals surface area contributed by atoms with Crippen molar-refractivity contribution in [2.75, 3.05) is 0 Å². The van der Waals surface area contributed by atoms with E-state index in [1.807, 2.05) is 12.3 Å². The van der Waals surface area contributed by atoms with Gasteiger partial charge in [-0.3, -0.25) is 0 Å². The Labute approximate surface area is 96.5 Å². The summed E-state index contributed by atoms with van der Waals surface area (Å²) in [6.07, 6.45) is 0. The van der Waals surface area contributed by atoms with E-state index < -0.39 is 0 Å². The lowest BCUT2D eigenvalue weighted by Crippen LogP contribution is -1.87. The highest BCUT2D eigenvalue weighted by molar-refractivity contribution is 7.09. The monoisotopic (exact) mass is 241 g/mol. The van der Waals surface area contributed by atoms with E-state index in [1.165, 1.54) is 17.4 Å². The topological polar surface area (TPSA) is 12.9 Å². The van der Waals surface area contributed by atoms with Gasteiger partial charge >= 0.3 is 0 Å². The SMILES string of the molecule is Cc1nc(-c2cc(F)c(C)cc2Cl)cs1. The molecule has 0 amide bonds. The van der Waals surface area contributed by atoms with Crippen molar-refractivity contribution in [1.82, 2.24) is 4.98 Å². The molecule has 15 heavy (non-hydrogen) atoms. The van der Waals surface area contributed by atoms with Crippen LogP contribution in [-0.4, -0.2) is 4.98 Å². The minimum atomic E-state index is -0.250. The third-order valence-corrected chi connectivity index (χ3v) is 3.23. The van der Waals surface area contributed by atoms with Crippen molar-refractivity contribution in [3.05, 3.63) is 38.9 Å². The third-order valence-electron chi connectivity index (χ3n) is 2.14. The molecule has 1 aromatic heterocycles. The lowest BCUT2D eigenvalue weighted by Gasteiger charge is -2.03. The van der Waals surface area contributed by atoms with Crippen molar-refractivity contribution in [3.8, 4) is 11.3 Å². The zero-order valence-corrected chi connectivity index (χ0v) is 9.92. The summed E-state index contributed by atoms with van der Waals surface area (Å²) in [5.74, 6) is -0.250. The summed E-state index contributed by atoms with van der Waals surface area (Å²) in [6, 6.07) is 3.06. The standard InChI is InChI=1S/C11H9ClFNS/c1-6-3-9(12)8(4-10(6)13)11-5-15-7(2)14-11/h3-5H,1-2H3. The van der Waals surface area contributed by atoms with E-state index >= 15 is 0 Å². The Morgan fingerprint density at radius 3 is 2.67 bits per heavy atom. The van der Waals surface area contributed by atoms with Crippen molar-refractivity contribution in [3.63, 3.8) is 0 Å². The zero-order valence-electron chi connectivity index (χ0n) is 8.34. The molecule has 0 bridgehead atoms.